The second kappa shape index (κ2) is 4.54. The molecular formula is C11H13N7S. The number of H-pyrrole nitrogens is 1. The van der Waals surface area contributed by atoms with Crippen molar-refractivity contribution in [2.75, 3.05) is 5.73 Å². The molecule has 0 aliphatic rings. The number of aromatic amines is 1. The number of hydrogen-bond acceptors (Lipinski definition) is 6. The van der Waals surface area contributed by atoms with Crippen molar-refractivity contribution in [3.05, 3.63) is 23.8 Å². The van der Waals surface area contributed by atoms with Crippen LogP contribution >= 0.6 is 11.8 Å². The zero-order valence-corrected chi connectivity index (χ0v) is 11.4. The van der Waals surface area contributed by atoms with E-state index in [1.54, 1.807) is 11.8 Å². The predicted molar refractivity (Wildman–Crippen MR) is 73.6 cm³/mol. The molecule has 0 bridgehead atoms. The molecule has 3 aromatic heterocycles. The Morgan fingerprint density at radius 3 is 3.00 bits per heavy atom. The maximum Gasteiger partial charge on any atom is 0.204 e. The first-order valence-corrected chi connectivity index (χ1v) is 6.70. The lowest BCUT2D eigenvalue weighted by atomic mass is 10.4. The number of anilines is 1. The largest absolute Gasteiger partial charge is 0.384 e. The van der Waals surface area contributed by atoms with Gasteiger partial charge in [0.25, 0.3) is 0 Å². The smallest absolute Gasteiger partial charge is 0.204 e. The van der Waals surface area contributed by atoms with E-state index in [0.29, 0.717) is 11.5 Å². The summed E-state index contributed by atoms with van der Waals surface area (Å²) in [5.41, 5.74) is 9.28. The monoisotopic (exact) mass is 275 g/mol. The third-order valence-electron chi connectivity index (χ3n) is 2.91. The fourth-order valence-corrected chi connectivity index (χ4v) is 3.04. The van der Waals surface area contributed by atoms with Crippen LogP contribution in [0, 0.1) is 6.92 Å². The number of nitrogen functional groups attached to an aromatic ring is 1. The Morgan fingerprint density at radius 2 is 2.26 bits per heavy atom. The minimum atomic E-state index is 0.450. The molecule has 0 spiro atoms. The van der Waals surface area contributed by atoms with Crippen LogP contribution in [0.1, 0.15) is 11.4 Å². The molecule has 8 heteroatoms. The van der Waals surface area contributed by atoms with E-state index in [2.05, 4.69) is 25.4 Å². The van der Waals surface area contributed by atoms with Crippen molar-refractivity contribution >= 4 is 28.7 Å². The standard InChI is InChI=1S/C11H13N7S/c1-6-7(18(2)5-13-6)4-19-8-3-9(12)14-11-10(8)15-17-16-11/h3,5H,4H2,1-2H3,(H3,12,14,15,16,17). The summed E-state index contributed by atoms with van der Waals surface area (Å²) >= 11 is 1.65. The van der Waals surface area contributed by atoms with E-state index < -0.39 is 0 Å². The van der Waals surface area contributed by atoms with E-state index in [0.717, 1.165) is 21.9 Å². The Balaban J connectivity index is 1.91. The van der Waals surface area contributed by atoms with Gasteiger partial charge in [0, 0.05) is 17.7 Å². The molecule has 0 aromatic carbocycles. The molecule has 7 nitrogen and oxygen atoms in total. The summed E-state index contributed by atoms with van der Waals surface area (Å²) in [4.78, 5) is 9.36. The average Bonchev–Trinajstić information content (AvgIpc) is 2.95. The molecule has 3 aromatic rings. The SMILES string of the molecule is Cc1ncn(C)c1CSc1cc(N)nc2n[nH]nc12. The molecule has 0 saturated heterocycles. The van der Waals surface area contributed by atoms with Crippen molar-refractivity contribution in [2.45, 2.75) is 17.6 Å². The van der Waals surface area contributed by atoms with Gasteiger partial charge in [0.2, 0.25) is 5.65 Å². The zero-order valence-electron chi connectivity index (χ0n) is 10.6. The van der Waals surface area contributed by atoms with Gasteiger partial charge in [-0.3, -0.25) is 0 Å². The van der Waals surface area contributed by atoms with E-state index >= 15 is 0 Å². The molecule has 3 heterocycles. The zero-order chi connectivity index (χ0) is 13.4. The van der Waals surface area contributed by atoms with Crippen LogP contribution in [0.3, 0.4) is 0 Å². The Kier molecular flexibility index (Phi) is 2.86. The van der Waals surface area contributed by atoms with Gasteiger partial charge in [0.05, 0.1) is 17.7 Å². The highest BCUT2D eigenvalue weighted by Gasteiger charge is 2.11. The number of nitrogens with zero attached hydrogens (tertiary/aromatic N) is 5. The molecule has 19 heavy (non-hydrogen) atoms. The molecule has 0 radical (unpaired) electrons. The molecule has 0 saturated carbocycles. The number of nitrogens with two attached hydrogens (primary N) is 1. The van der Waals surface area contributed by atoms with Crippen LogP contribution in [-0.2, 0) is 12.8 Å². The number of thioether (sulfide) groups is 1. The lowest BCUT2D eigenvalue weighted by Crippen LogP contribution is -1.96. The minimum absolute atomic E-state index is 0.450. The number of pyridine rings is 1. The predicted octanol–water partition coefficient (Wildman–Crippen LogP) is 1.27. The quantitative estimate of drug-likeness (QED) is 0.698. The number of aromatic nitrogens is 6. The number of nitrogens with one attached hydrogen (secondary N) is 1. The van der Waals surface area contributed by atoms with E-state index in [9.17, 15) is 0 Å². The molecule has 3 N–H and O–H groups in total. The first-order chi connectivity index (χ1) is 9.15. The van der Waals surface area contributed by atoms with Gasteiger partial charge in [0.1, 0.15) is 11.3 Å². The van der Waals surface area contributed by atoms with Crippen LogP contribution in [0.5, 0.6) is 0 Å². The van der Waals surface area contributed by atoms with Crippen LogP contribution in [0.2, 0.25) is 0 Å². The number of imidazole rings is 1. The summed E-state index contributed by atoms with van der Waals surface area (Å²) in [7, 11) is 1.99. The van der Waals surface area contributed by atoms with Crippen molar-refractivity contribution in [3.8, 4) is 0 Å². The van der Waals surface area contributed by atoms with Gasteiger partial charge in [0.15, 0.2) is 0 Å². The molecule has 0 unspecified atom stereocenters. The van der Waals surface area contributed by atoms with Gasteiger partial charge in [-0.25, -0.2) is 9.97 Å². The first kappa shape index (κ1) is 12.0. The van der Waals surface area contributed by atoms with Gasteiger partial charge in [-0.05, 0) is 13.0 Å². The Labute approximate surface area is 113 Å². The highest BCUT2D eigenvalue weighted by atomic mass is 32.2. The molecule has 0 aliphatic heterocycles. The number of rotatable bonds is 3. The van der Waals surface area contributed by atoms with Gasteiger partial charge >= 0.3 is 0 Å². The lowest BCUT2D eigenvalue weighted by Gasteiger charge is -2.05. The number of hydrogen-bond donors (Lipinski definition) is 2. The molecule has 98 valence electrons. The van der Waals surface area contributed by atoms with Gasteiger partial charge in [-0.2, -0.15) is 10.3 Å². The van der Waals surface area contributed by atoms with E-state index in [1.165, 1.54) is 5.69 Å². The Bertz CT molecular complexity index is 710. The van der Waals surface area contributed by atoms with Crippen molar-refractivity contribution in [2.24, 2.45) is 7.05 Å². The fraction of sp³-hybridized carbons (Fsp3) is 0.273. The van der Waals surface area contributed by atoms with Gasteiger partial charge in [-0.15, -0.1) is 16.9 Å². The first-order valence-electron chi connectivity index (χ1n) is 5.71. The summed E-state index contributed by atoms with van der Waals surface area (Å²) in [5.74, 6) is 1.25. The summed E-state index contributed by atoms with van der Waals surface area (Å²) < 4.78 is 2.02. The second-order valence-corrected chi connectivity index (χ2v) is 5.23. The van der Waals surface area contributed by atoms with Crippen molar-refractivity contribution in [3.63, 3.8) is 0 Å². The molecular weight excluding hydrogens is 262 g/mol. The van der Waals surface area contributed by atoms with Gasteiger partial charge < -0.3 is 10.3 Å². The minimum Gasteiger partial charge on any atom is -0.384 e. The average molecular weight is 275 g/mol. The Morgan fingerprint density at radius 1 is 1.42 bits per heavy atom. The topological polar surface area (TPSA) is 98.3 Å². The van der Waals surface area contributed by atoms with E-state index in [4.69, 9.17) is 5.73 Å². The highest BCUT2D eigenvalue weighted by Crippen LogP contribution is 2.29. The summed E-state index contributed by atoms with van der Waals surface area (Å²) in [6.45, 7) is 2.00. The maximum absolute atomic E-state index is 5.77. The molecule has 0 aliphatic carbocycles. The molecule has 0 fully saturated rings. The number of fused-ring (bicyclic) bond motifs is 1. The molecule has 3 rings (SSSR count). The van der Waals surface area contributed by atoms with Crippen molar-refractivity contribution in [1.82, 2.24) is 29.9 Å². The fourth-order valence-electron chi connectivity index (χ4n) is 1.86. The van der Waals surface area contributed by atoms with Crippen LogP contribution in [0.15, 0.2) is 17.3 Å². The second-order valence-electron chi connectivity index (χ2n) is 4.22. The van der Waals surface area contributed by atoms with E-state index in [1.807, 2.05) is 30.9 Å². The maximum atomic E-state index is 5.77. The van der Waals surface area contributed by atoms with Crippen LogP contribution in [-0.4, -0.2) is 29.9 Å². The summed E-state index contributed by atoms with van der Waals surface area (Å²) in [6.07, 6.45) is 1.82. The lowest BCUT2D eigenvalue weighted by molar-refractivity contribution is 0.864. The van der Waals surface area contributed by atoms with Crippen LogP contribution in [0.4, 0.5) is 5.82 Å². The van der Waals surface area contributed by atoms with Crippen molar-refractivity contribution in [1.29, 1.82) is 0 Å². The summed E-state index contributed by atoms with van der Waals surface area (Å²) in [5, 5.41) is 10.6. The van der Waals surface area contributed by atoms with Crippen LogP contribution in [0.25, 0.3) is 11.2 Å². The van der Waals surface area contributed by atoms with Crippen molar-refractivity contribution < 1.29 is 0 Å². The highest BCUT2D eigenvalue weighted by molar-refractivity contribution is 7.98. The third-order valence-corrected chi connectivity index (χ3v) is 3.95. The normalized spacial score (nSPS) is 11.3. The molecule has 0 atom stereocenters. The molecule has 0 amide bonds. The third kappa shape index (κ3) is 2.14. The van der Waals surface area contributed by atoms with E-state index in [-0.39, 0.29) is 0 Å². The summed E-state index contributed by atoms with van der Waals surface area (Å²) in [6, 6.07) is 1.82. The Hall–Kier alpha value is -2.09. The number of aryl methyl sites for hydroxylation is 2. The van der Waals surface area contributed by atoms with Gasteiger partial charge in [-0.1, -0.05) is 0 Å². The van der Waals surface area contributed by atoms with Crippen LogP contribution < -0.4 is 5.73 Å².